The van der Waals surface area contributed by atoms with E-state index in [2.05, 4.69) is 4.98 Å². The summed E-state index contributed by atoms with van der Waals surface area (Å²) in [4.78, 5) is 15.1. The van der Waals surface area contributed by atoms with E-state index >= 15 is 0 Å². The van der Waals surface area contributed by atoms with Gasteiger partial charge in [0.15, 0.2) is 5.76 Å². The molecule has 0 unspecified atom stereocenters. The summed E-state index contributed by atoms with van der Waals surface area (Å²) < 4.78 is 5.76. The molecule has 4 nitrogen and oxygen atoms in total. The molecule has 94 valence electrons. The number of nitrogens with zero attached hydrogens (tertiary/aromatic N) is 1. The van der Waals surface area contributed by atoms with E-state index in [1.807, 2.05) is 31.2 Å². The van der Waals surface area contributed by atoms with Crippen molar-refractivity contribution in [2.75, 3.05) is 0 Å². The highest BCUT2D eigenvalue weighted by molar-refractivity contribution is 5.89. The monoisotopic (exact) mass is 253 g/mol. The molecular weight excluding hydrogens is 242 g/mol. The first-order valence-corrected chi connectivity index (χ1v) is 5.84. The maximum atomic E-state index is 11.0. The van der Waals surface area contributed by atoms with Crippen LogP contribution in [0.1, 0.15) is 15.9 Å². The number of furan rings is 1. The summed E-state index contributed by atoms with van der Waals surface area (Å²) >= 11 is 0. The van der Waals surface area contributed by atoms with Crippen LogP contribution in [0.3, 0.4) is 0 Å². The molecule has 2 heterocycles. The van der Waals surface area contributed by atoms with E-state index in [9.17, 15) is 4.79 Å². The number of hydrogen-bond donors (Lipinski definition) is 1. The van der Waals surface area contributed by atoms with Crippen molar-refractivity contribution in [2.24, 2.45) is 0 Å². The minimum absolute atomic E-state index is 0.196. The maximum absolute atomic E-state index is 11.0. The second kappa shape index (κ2) is 4.24. The normalized spacial score (nSPS) is 10.8. The maximum Gasteiger partial charge on any atom is 0.335 e. The van der Waals surface area contributed by atoms with Crippen molar-refractivity contribution in [3.63, 3.8) is 0 Å². The molecule has 0 radical (unpaired) electrons. The number of para-hydroxylation sites is 1. The first-order chi connectivity index (χ1) is 9.15. The van der Waals surface area contributed by atoms with Crippen molar-refractivity contribution >= 4 is 16.9 Å². The predicted octanol–water partition coefficient (Wildman–Crippen LogP) is 3.50. The van der Waals surface area contributed by atoms with E-state index in [1.165, 1.54) is 18.3 Å². The van der Waals surface area contributed by atoms with Gasteiger partial charge in [-0.2, -0.15) is 0 Å². The minimum atomic E-state index is -0.976. The summed E-state index contributed by atoms with van der Waals surface area (Å²) in [6.07, 6.45) is 1.47. The molecule has 0 spiro atoms. The van der Waals surface area contributed by atoms with Crippen LogP contribution < -0.4 is 0 Å². The topological polar surface area (TPSA) is 63.3 Å². The number of aromatic carboxylic acids is 1. The second-order valence-corrected chi connectivity index (χ2v) is 4.34. The van der Waals surface area contributed by atoms with Gasteiger partial charge in [-0.15, -0.1) is 0 Å². The van der Waals surface area contributed by atoms with Gasteiger partial charge < -0.3 is 9.52 Å². The lowest BCUT2D eigenvalue weighted by atomic mass is 10.1. The molecule has 19 heavy (non-hydrogen) atoms. The van der Waals surface area contributed by atoms with Crippen molar-refractivity contribution in [1.82, 2.24) is 4.98 Å². The quantitative estimate of drug-likeness (QED) is 0.759. The minimum Gasteiger partial charge on any atom is -0.478 e. The smallest absolute Gasteiger partial charge is 0.335 e. The number of carboxylic acid groups (broad SMARTS) is 1. The van der Waals surface area contributed by atoms with Gasteiger partial charge in [0.2, 0.25) is 0 Å². The standard InChI is InChI=1S/C15H11NO3/c1-9-3-2-4-10-8-13(19-14(9)10)12-7-11(15(17)18)5-6-16-12/h2-8H,1H3,(H,17,18). The first-order valence-electron chi connectivity index (χ1n) is 5.84. The molecule has 0 saturated carbocycles. The van der Waals surface area contributed by atoms with Gasteiger partial charge in [-0.05, 0) is 30.7 Å². The zero-order valence-electron chi connectivity index (χ0n) is 10.3. The Morgan fingerprint density at radius 3 is 2.84 bits per heavy atom. The predicted molar refractivity (Wildman–Crippen MR) is 71.1 cm³/mol. The number of aryl methyl sites for hydroxylation is 1. The molecular formula is C15H11NO3. The first kappa shape index (κ1) is 11.5. The van der Waals surface area contributed by atoms with Crippen LogP contribution in [0.4, 0.5) is 0 Å². The third kappa shape index (κ3) is 1.97. The van der Waals surface area contributed by atoms with Crippen LogP contribution in [-0.4, -0.2) is 16.1 Å². The zero-order valence-corrected chi connectivity index (χ0v) is 10.3. The van der Waals surface area contributed by atoms with E-state index in [1.54, 1.807) is 0 Å². The molecule has 0 amide bonds. The molecule has 0 saturated heterocycles. The van der Waals surface area contributed by atoms with Crippen molar-refractivity contribution < 1.29 is 14.3 Å². The number of aromatic nitrogens is 1. The van der Waals surface area contributed by atoms with Gasteiger partial charge in [0, 0.05) is 11.6 Å². The Bertz CT molecular complexity index is 774. The fourth-order valence-electron chi connectivity index (χ4n) is 2.03. The Labute approximate surface area is 109 Å². The number of benzene rings is 1. The summed E-state index contributed by atoms with van der Waals surface area (Å²) in [7, 11) is 0. The van der Waals surface area contributed by atoms with Gasteiger partial charge in [-0.3, -0.25) is 4.98 Å². The van der Waals surface area contributed by atoms with Crippen LogP contribution in [0, 0.1) is 6.92 Å². The van der Waals surface area contributed by atoms with Gasteiger partial charge in [0.05, 0.1) is 5.56 Å². The highest BCUT2D eigenvalue weighted by Gasteiger charge is 2.11. The van der Waals surface area contributed by atoms with E-state index in [0.717, 1.165) is 16.5 Å². The SMILES string of the molecule is Cc1cccc2cc(-c3cc(C(=O)O)ccn3)oc12. The lowest BCUT2D eigenvalue weighted by molar-refractivity contribution is 0.0697. The Kier molecular flexibility index (Phi) is 2.56. The van der Waals surface area contributed by atoms with Crippen LogP contribution in [0.5, 0.6) is 0 Å². The number of pyridine rings is 1. The molecule has 1 aromatic carbocycles. The zero-order chi connectivity index (χ0) is 13.4. The van der Waals surface area contributed by atoms with Crippen molar-refractivity contribution in [1.29, 1.82) is 0 Å². The molecule has 0 aliphatic rings. The molecule has 2 aromatic heterocycles. The van der Waals surface area contributed by atoms with Crippen molar-refractivity contribution in [2.45, 2.75) is 6.92 Å². The average molecular weight is 253 g/mol. The number of fused-ring (bicyclic) bond motifs is 1. The Morgan fingerprint density at radius 1 is 1.26 bits per heavy atom. The summed E-state index contributed by atoms with van der Waals surface area (Å²) in [6, 6.07) is 10.7. The van der Waals surface area contributed by atoms with Crippen molar-refractivity contribution in [3.05, 3.63) is 53.7 Å². The molecule has 3 rings (SSSR count). The molecule has 3 aromatic rings. The van der Waals surface area contributed by atoms with Crippen LogP contribution in [-0.2, 0) is 0 Å². The highest BCUT2D eigenvalue weighted by Crippen LogP contribution is 2.28. The molecule has 0 bridgehead atoms. The number of carboxylic acids is 1. The number of carbonyl (C=O) groups is 1. The fraction of sp³-hybridized carbons (Fsp3) is 0.0667. The van der Waals surface area contributed by atoms with Crippen LogP contribution >= 0.6 is 0 Å². The van der Waals surface area contributed by atoms with Crippen molar-refractivity contribution in [3.8, 4) is 11.5 Å². The lowest BCUT2D eigenvalue weighted by Gasteiger charge is -1.97. The average Bonchev–Trinajstić information content (AvgIpc) is 2.84. The van der Waals surface area contributed by atoms with E-state index in [4.69, 9.17) is 9.52 Å². The summed E-state index contributed by atoms with van der Waals surface area (Å²) in [5.74, 6) is -0.400. The van der Waals surface area contributed by atoms with Crippen LogP contribution in [0.25, 0.3) is 22.4 Å². The Balaban J connectivity index is 2.16. The van der Waals surface area contributed by atoms with Crippen LogP contribution in [0.15, 0.2) is 47.0 Å². The Morgan fingerprint density at radius 2 is 2.11 bits per heavy atom. The number of hydrogen-bond acceptors (Lipinski definition) is 3. The van der Waals surface area contributed by atoms with Gasteiger partial charge in [0.25, 0.3) is 0 Å². The van der Waals surface area contributed by atoms with E-state index < -0.39 is 5.97 Å². The summed E-state index contributed by atoms with van der Waals surface area (Å²) in [5, 5.41) is 9.97. The van der Waals surface area contributed by atoms with E-state index in [0.29, 0.717) is 11.5 Å². The molecule has 0 aliphatic carbocycles. The molecule has 0 fully saturated rings. The fourth-order valence-corrected chi connectivity index (χ4v) is 2.03. The second-order valence-electron chi connectivity index (χ2n) is 4.34. The molecule has 0 aliphatic heterocycles. The van der Waals surface area contributed by atoms with Gasteiger partial charge in [0.1, 0.15) is 11.3 Å². The third-order valence-electron chi connectivity index (χ3n) is 3.00. The third-order valence-corrected chi connectivity index (χ3v) is 3.00. The highest BCUT2D eigenvalue weighted by atomic mass is 16.4. The molecule has 0 atom stereocenters. The summed E-state index contributed by atoms with van der Waals surface area (Å²) in [5.41, 5.74) is 2.57. The van der Waals surface area contributed by atoms with Gasteiger partial charge in [-0.25, -0.2) is 4.79 Å². The van der Waals surface area contributed by atoms with Gasteiger partial charge in [-0.1, -0.05) is 18.2 Å². The molecule has 4 heteroatoms. The molecule has 1 N–H and O–H groups in total. The number of rotatable bonds is 2. The largest absolute Gasteiger partial charge is 0.478 e. The summed E-state index contributed by atoms with van der Waals surface area (Å²) in [6.45, 7) is 1.97. The van der Waals surface area contributed by atoms with Crippen LogP contribution in [0.2, 0.25) is 0 Å². The lowest BCUT2D eigenvalue weighted by Crippen LogP contribution is -1.96. The van der Waals surface area contributed by atoms with Gasteiger partial charge >= 0.3 is 5.97 Å². The van der Waals surface area contributed by atoms with E-state index in [-0.39, 0.29) is 5.56 Å². The Hall–Kier alpha value is -2.62.